The van der Waals surface area contributed by atoms with E-state index in [1.807, 2.05) is 19.1 Å². The molecule has 1 aromatic heterocycles. The molecule has 2 rings (SSSR count). The summed E-state index contributed by atoms with van der Waals surface area (Å²) in [4.78, 5) is 11.8. The second-order valence-corrected chi connectivity index (χ2v) is 3.92. The molecule has 1 aromatic carbocycles. The monoisotopic (exact) mass is 245 g/mol. The molecule has 18 heavy (non-hydrogen) atoms. The lowest BCUT2D eigenvalue weighted by Gasteiger charge is -2.04. The Kier molecular flexibility index (Phi) is 3.64. The highest BCUT2D eigenvalue weighted by Crippen LogP contribution is 2.09. The maximum atomic E-state index is 11.8. The van der Waals surface area contributed by atoms with Crippen LogP contribution in [0.1, 0.15) is 21.9 Å². The van der Waals surface area contributed by atoms with Crippen LogP contribution in [-0.2, 0) is 6.54 Å². The van der Waals surface area contributed by atoms with E-state index in [-0.39, 0.29) is 5.91 Å². The van der Waals surface area contributed by atoms with Gasteiger partial charge in [-0.1, -0.05) is 0 Å². The maximum absolute atomic E-state index is 11.8. The summed E-state index contributed by atoms with van der Waals surface area (Å²) in [6.45, 7) is 2.24. The molecule has 0 saturated carbocycles. The second-order valence-electron chi connectivity index (χ2n) is 3.92. The number of hydrogen-bond donors (Lipinski definition) is 3. The molecule has 1 heterocycles. The summed E-state index contributed by atoms with van der Waals surface area (Å²) < 4.78 is 5.37. The molecule has 1 amide bonds. The van der Waals surface area contributed by atoms with E-state index in [4.69, 9.17) is 10.3 Å². The number of nitrogens with two attached hydrogens (primary N) is 1. The topological polar surface area (TPSA) is 80.3 Å². The quantitative estimate of drug-likeness (QED) is 0.567. The zero-order chi connectivity index (χ0) is 13.0. The summed E-state index contributed by atoms with van der Waals surface area (Å²) in [6.07, 6.45) is 0. The van der Waals surface area contributed by atoms with Crippen molar-refractivity contribution in [3.8, 4) is 0 Å². The molecule has 0 saturated heterocycles. The number of benzene rings is 1. The van der Waals surface area contributed by atoms with E-state index in [1.54, 1.807) is 24.3 Å². The Hall–Kier alpha value is -2.27. The first-order chi connectivity index (χ1) is 8.69. The van der Waals surface area contributed by atoms with Crippen molar-refractivity contribution in [2.24, 2.45) is 5.84 Å². The van der Waals surface area contributed by atoms with Gasteiger partial charge in [0, 0.05) is 11.3 Å². The fraction of sp³-hybridized carbons (Fsp3) is 0.154. The highest BCUT2D eigenvalue weighted by atomic mass is 16.3. The summed E-state index contributed by atoms with van der Waals surface area (Å²) >= 11 is 0. The average molecular weight is 245 g/mol. The van der Waals surface area contributed by atoms with E-state index in [0.717, 1.165) is 17.2 Å². The van der Waals surface area contributed by atoms with Crippen molar-refractivity contribution in [2.75, 3.05) is 5.43 Å². The van der Waals surface area contributed by atoms with Gasteiger partial charge in [0.05, 0.1) is 6.54 Å². The average Bonchev–Trinajstić information content (AvgIpc) is 2.82. The molecule has 0 aliphatic heterocycles. The number of nitrogens with one attached hydrogen (secondary N) is 2. The molecule has 0 spiro atoms. The van der Waals surface area contributed by atoms with Crippen molar-refractivity contribution in [2.45, 2.75) is 13.5 Å². The number of nitrogen functional groups attached to an aromatic ring is 1. The molecule has 0 radical (unpaired) electrons. The van der Waals surface area contributed by atoms with Crippen LogP contribution in [0, 0.1) is 6.92 Å². The number of carbonyl (C=O) groups is 1. The molecule has 4 N–H and O–H groups in total. The molecule has 2 aromatic rings. The van der Waals surface area contributed by atoms with Gasteiger partial charge in [0.1, 0.15) is 11.5 Å². The predicted molar refractivity (Wildman–Crippen MR) is 68.9 cm³/mol. The number of furan rings is 1. The van der Waals surface area contributed by atoms with Crippen LogP contribution in [0.4, 0.5) is 5.69 Å². The van der Waals surface area contributed by atoms with E-state index in [0.29, 0.717) is 12.1 Å². The first-order valence-electron chi connectivity index (χ1n) is 5.59. The third kappa shape index (κ3) is 2.89. The number of amides is 1. The van der Waals surface area contributed by atoms with E-state index in [2.05, 4.69) is 10.7 Å². The van der Waals surface area contributed by atoms with E-state index >= 15 is 0 Å². The van der Waals surface area contributed by atoms with E-state index in [1.165, 1.54) is 0 Å². The van der Waals surface area contributed by atoms with Crippen molar-refractivity contribution in [3.63, 3.8) is 0 Å². The molecule has 0 fully saturated rings. The number of hydrogen-bond acceptors (Lipinski definition) is 4. The maximum Gasteiger partial charge on any atom is 0.251 e. The van der Waals surface area contributed by atoms with Crippen molar-refractivity contribution in [3.05, 3.63) is 53.5 Å². The van der Waals surface area contributed by atoms with Crippen molar-refractivity contribution < 1.29 is 9.21 Å². The largest absolute Gasteiger partial charge is 0.465 e. The lowest BCUT2D eigenvalue weighted by Crippen LogP contribution is -2.22. The summed E-state index contributed by atoms with van der Waals surface area (Å²) in [5.74, 6) is 6.67. The SMILES string of the molecule is Cc1ccc(CNC(=O)c2ccc(NN)cc2)o1. The minimum Gasteiger partial charge on any atom is -0.465 e. The number of aryl methyl sites for hydroxylation is 1. The summed E-state index contributed by atoms with van der Waals surface area (Å²) in [5, 5.41) is 2.78. The third-order valence-corrected chi connectivity index (χ3v) is 2.53. The highest BCUT2D eigenvalue weighted by molar-refractivity contribution is 5.94. The Balaban J connectivity index is 1.94. The van der Waals surface area contributed by atoms with Crippen LogP contribution < -0.4 is 16.6 Å². The normalized spacial score (nSPS) is 10.1. The fourth-order valence-corrected chi connectivity index (χ4v) is 1.57. The van der Waals surface area contributed by atoms with Gasteiger partial charge in [-0.25, -0.2) is 0 Å². The van der Waals surface area contributed by atoms with Gasteiger partial charge in [0.25, 0.3) is 5.91 Å². The number of anilines is 1. The van der Waals surface area contributed by atoms with Crippen LogP contribution in [0.5, 0.6) is 0 Å². The highest BCUT2D eigenvalue weighted by Gasteiger charge is 2.06. The third-order valence-electron chi connectivity index (χ3n) is 2.53. The smallest absolute Gasteiger partial charge is 0.251 e. The van der Waals surface area contributed by atoms with Gasteiger partial charge in [-0.05, 0) is 43.3 Å². The minimum atomic E-state index is -0.146. The zero-order valence-corrected chi connectivity index (χ0v) is 10.1. The standard InChI is InChI=1S/C13H15N3O2/c1-9-2-7-12(18-9)8-15-13(17)10-3-5-11(16-14)6-4-10/h2-7,16H,8,14H2,1H3,(H,15,17). The molecule has 0 aliphatic carbocycles. The van der Waals surface area contributed by atoms with Crippen molar-refractivity contribution in [1.82, 2.24) is 5.32 Å². The van der Waals surface area contributed by atoms with Gasteiger partial charge in [-0.15, -0.1) is 0 Å². The van der Waals surface area contributed by atoms with Crippen molar-refractivity contribution in [1.29, 1.82) is 0 Å². The Morgan fingerprint density at radius 2 is 1.94 bits per heavy atom. The predicted octanol–water partition coefficient (Wildman–Crippen LogP) is 1.80. The zero-order valence-electron chi connectivity index (χ0n) is 10.1. The van der Waals surface area contributed by atoms with Crippen LogP contribution in [0.2, 0.25) is 0 Å². The first kappa shape index (κ1) is 12.2. The molecule has 5 nitrogen and oxygen atoms in total. The molecule has 5 heteroatoms. The second kappa shape index (κ2) is 5.37. The Labute approximate surface area is 105 Å². The molecular formula is C13H15N3O2. The van der Waals surface area contributed by atoms with Crippen molar-refractivity contribution >= 4 is 11.6 Å². The lowest BCUT2D eigenvalue weighted by molar-refractivity contribution is 0.0948. The molecule has 94 valence electrons. The molecule has 0 aliphatic rings. The van der Waals surface area contributed by atoms with E-state index < -0.39 is 0 Å². The van der Waals surface area contributed by atoms with Gasteiger partial charge in [0.15, 0.2) is 0 Å². The summed E-state index contributed by atoms with van der Waals surface area (Å²) in [5.41, 5.74) is 3.85. The summed E-state index contributed by atoms with van der Waals surface area (Å²) in [7, 11) is 0. The fourth-order valence-electron chi connectivity index (χ4n) is 1.57. The Morgan fingerprint density at radius 1 is 1.22 bits per heavy atom. The van der Waals surface area contributed by atoms with Crippen LogP contribution in [-0.4, -0.2) is 5.91 Å². The lowest BCUT2D eigenvalue weighted by atomic mass is 10.2. The van der Waals surface area contributed by atoms with Gasteiger partial charge >= 0.3 is 0 Å². The Morgan fingerprint density at radius 3 is 2.50 bits per heavy atom. The van der Waals surface area contributed by atoms with Crippen LogP contribution in [0.25, 0.3) is 0 Å². The first-order valence-corrected chi connectivity index (χ1v) is 5.59. The molecular weight excluding hydrogens is 230 g/mol. The number of carbonyl (C=O) groups excluding carboxylic acids is 1. The summed E-state index contributed by atoms with van der Waals surface area (Å²) in [6, 6.07) is 10.6. The van der Waals surface area contributed by atoms with E-state index in [9.17, 15) is 4.79 Å². The molecule has 0 atom stereocenters. The molecule has 0 unspecified atom stereocenters. The van der Waals surface area contributed by atoms with Crippen LogP contribution >= 0.6 is 0 Å². The van der Waals surface area contributed by atoms with Gasteiger partial charge < -0.3 is 15.2 Å². The molecule has 0 bridgehead atoms. The van der Waals surface area contributed by atoms with Crippen LogP contribution in [0.3, 0.4) is 0 Å². The number of hydrazine groups is 1. The van der Waals surface area contributed by atoms with Gasteiger partial charge in [-0.2, -0.15) is 0 Å². The Bertz CT molecular complexity index is 531. The van der Waals surface area contributed by atoms with Gasteiger partial charge in [-0.3, -0.25) is 10.6 Å². The minimum absolute atomic E-state index is 0.146. The van der Waals surface area contributed by atoms with Gasteiger partial charge in [0.2, 0.25) is 0 Å². The number of rotatable bonds is 4. The van der Waals surface area contributed by atoms with Crippen LogP contribution in [0.15, 0.2) is 40.8 Å².